The average Bonchev–Trinajstić information content (AvgIpc) is 2.51. The van der Waals surface area contributed by atoms with Crippen LogP contribution in [0.4, 0.5) is 0 Å². The monoisotopic (exact) mass is 262 g/mol. The Morgan fingerprint density at radius 1 is 1.25 bits per heavy atom. The van der Waals surface area contributed by atoms with E-state index in [1.54, 1.807) is 12.1 Å². The van der Waals surface area contributed by atoms with Crippen molar-refractivity contribution >= 4 is 23.2 Å². The van der Waals surface area contributed by atoms with E-state index in [0.29, 0.717) is 29.9 Å². The van der Waals surface area contributed by atoms with E-state index in [-0.39, 0.29) is 0 Å². The highest BCUT2D eigenvalue weighted by atomic mass is 35.5. The summed E-state index contributed by atoms with van der Waals surface area (Å²) >= 11 is 11.6. The molecule has 0 bridgehead atoms. The van der Waals surface area contributed by atoms with Gasteiger partial charge in [0.2, 0.25) is 0 Å². The minimum atomic E-state index is -0.681. The van der Waals surface area contributed by atoms with Crippen LogP contribution in [-0.4, -0.2) is 45.4 Å². The molecule has 1 aromatic rings. The number of rotatable bonds is 2. The van der Waals surface area contributed by atoms with E-state index in [1.165, 1.54) is 0 Å². The van der Waals surface area contributed by atoms with Gasteiger partial charge in [-0.15, -0.1) is 0 Å². The van der Waals surface area contributed by atoms with Crippen LogP contribution in [0.5, 0.6) is 0 Å². The van der Waals surface area contributed by atoms with Gasteiger partial charge in [0.15, 0.2) is 0 Å². The maximum absolute atomic E-state index is 9.40. The number of aliphatic hydroxyl groups is 2. The minimum absolute atomic E-state index is 0.357. The molecule has 0 spiro atoms. The van der Waals surface area contributed by atoms with Crippen LogP contribution in [0.25, 0.3) is 0 Å². The fraction of sp³-hybridized carbons (Fsp3) is 0.500. The van der Waals surface area contributed by atoms with E-state index in [2.05, 4.69) is 4.98 Å². The molecule has 2 unspecified atom stereocenters. The number of hydrogen-bond donors (Lipinski definition) is 2. The molecule has 4 nitrogen and oxygen atoms in total. The van der Waals surface area contributed by atoms with Gasteiger partial charge >= 0.3 is 0 Å². The first-order valence-electron chi connectivity index (χ1n) is 4.95. The van der Waals surface area contributed by atoms with Gasteiger partial charge in [-0.2, -0.15) is 0 Å². The Morgan fingerprint density at radius 2 is 1.88 bits per heavy atom. The van der Waals surface area contributed by atoms with Crippen LogP contribution in [0.1, 0.15) is 5.56 Å². The molecular weight excluding hydrogens is 251 g/mol. The predicted octanol–water partition coefficient (Wildman–Crippen LogP) is 0.926. The van der Waals surface area contributed by atoms with Crippen LogP contribution in [0, 0.1) is 0 Å². The Morgan fingerprint density at radius 3 is 2.44 bits per heavy atom. The third kappa shape index (κ3) is 2.64. The summed E-state index contributed by atoms with van der Waals surface area (Å²) in [4.78, 5) is 5.86. The molecule has 2 rings (SSSR count). The molecule has 0 saturated carbocycles. The van der Waals surface area contributed by atoms with Crippen molar-refractivity contribution in [3.8, 4) is 0 Å². The number of likely N-dealkylation sites (tertiary alicyclic amines) is 1. The average molecular weight is 263 g/mol. The summed E-state index contributed by atoms with van der Waals surface area (Å²) in [5.74, 6) is 0. The summed E-state index contributed by atoms with van der Waals surface area (Å²) in [6, 6.07) is 3.47. The van der Waals surface area contributed by atoms with E-state index in [9.17, 15) is 10.2 Å². The van der Waals surface area contributed by atoms with Gasteiger partial charge in [0.25, 0.3) is 0 Å². The van der Waals surface area contributed by atoms with Gasteiger partial charge in [0, 0.05) is 25.2 Å². The van der Waals surface area contributed by atoms with Crippen molar-refractivity contribution in [3.63, 3.8) is 0 Å². The summed E-state index contributed by atoms with van der Waals surface area (Å²) in [5, 5.41) is 19.5. The van der Waals surface area contributed by atoms with Gasteiger partial charge in [-0.1, -0.05) is 29.3 Å². The third-order valence-corrected chi connectivity index (χ3v) is 3.16. The Kier molecular flexibility index (Phi) is 3.66. The van der Waals surface area contributed by atoms with Crippen molar-refractivity contribution in [2.75, 3.05) is 13.1 Å². The van der Waals surface area contributed by atoms with Crippen molar-refractivity contribution in [2.24, 2.45) is 0 Å². The first-order valence-corrected chi connectivity index (χ1v) is 5.71. The second-order valence-corrected chi connectivity index (χ2v) is 4.66. The van der Waals surface area contributed by atoms with Crippen LogP contribution in [-0.2, 0) is 6.54 Å². The molecular formula is C10H12Cl2N2O2. The molecule has 2 atom stereocenters. The highest BCUT2D eigenvalue weighted by molar-refractivity contribution is 6.32. The molecule has 1 aliphatic rings. The summed E-state index contributed by atoms with van der Waals surface area (Å²) in [7, 11) is 0. The zero-order valence-corrected chi connectivity index (χ0v) is 9.99. The van der Waals surface area contributed by atoms with Gasteiger partial charge in [-0.05, 0) is 6.07 Å². The summed E-state index contributed by atoms with van der Waals surface area (Å²) in [6.07, 6.45) is -1.36. The first kappa shape index (κ1) is 12.1. The number of aromatic nitrogens is 1. The van der Waals surface area contributed by atoms with Crippen LogP contribution < -0.4 is 0 Å². The van der Waals surface area contributed by atoms with Crippen molar-refractivity contribution < 1.29 is 10.2 Å². The minimum Gasteiger partial charge on any atom is -0.389 e. The lowest BCUT2D eigenvalue weighted by Crippen LogP contribution is -2.22. The van der Waals surface area contributed by atoms with Crippen molar-refractivity contribution in [1.82, 2.24) is 9.88 Å². The van der Waals surface area contributed by atoms with Gasteiger partial charge in [-0.25, -0.2) is 4.98 Å². The number of halogens is 2. The maximum Gasteiger partial charge on any atom is 0.135 e. The summed E-state index contributed by atoms with van der Waals surface area (Å²) in [5.41, 5.74) is 0.840. The van der Waals surface area contributed by atoms with E-state index >= 15 is 0 Å². The molecule has 88 valence electrons. The van der Waals surface area contributed by atoms with Crippen LogP contribution in [0.15, 0.2) is 12.1 Å². The van der Waals surface area contributed by atoms with E-state index in [1.807, 2.05) is 4.90 Å². The maximum atomic E-state index is 9.40. The largest absolute Gasteiger partial charge is 0.389 e. The van der Waals surface area contributed by atoms with Gasteiger partial charge < -0.3 is 10.2 Å². The zero-order chi connectivity index (χ0) is 11.7. The lowest BCUT2D eigenvalue weighted by Gasteiger charge is -2.15. The molecule has 16 heavy (non-hydrogen) atoms. The Labute approximate surface area is 103 Å². The summed E-state index contributed by atoms with van der Waals surface area (Å²) in [6.45, 7) is 1.44. The SMILES string of the molecule is OC1CN(Cc2ccc(Cl)nc2Cl)CC1O. The highest BCUT2D eigenvalue weighted by Gasteiger charge is 2.29. The Bertz CT molecular complexity index is 379. The molecule has 0 aromatic carbocycles. The van der Waals surface area contributed by atoms with E-state index < -0.39 is 12.2 Å². The van der Waals surface area contributed by atoms with Crippen LogP contribution in [0.3, 0.4) is 0 Å². The molecule has 1 saturated heterocycles. The number of aliphatic hydroxyl groups excluding tert-OH is 2. The van der Waals surface area contributed by atoms with Crippen molar-refractivity contribution in [3.05, 3.63) is 28.0 Å². The molecule has 0 aliphatic carbocycles. The first-order chi connectivity index (χ1) is 7.56. The molecule has 2 N–H and O–H groups in total. The molecule has 1 aliphatic heterocycles. The predicted molar refractivity (Wildman–Crippen MR) is 61.5 cm³/mol. The van der Waals surface area contributed by atoms with Crippen LogP contribution in [0.2, 0.25) is 10.3 Å². The number of β-amino-alcohol motifs (C(OH)–C–C–N with tert-alkyl or cyclic N) is 2. The molecule has 6 heteroatoms. The highest BCUT2D eigenvalue weighted by Crippen LogP contribution is 2.20. The van der Waals surface area contributed by atoms with E-state index in [0.717, 1.165) is 5.56 Å². The normalized spacial score (nSPS) is 26.2. The van der Waals surface area contributed by atoms with Crippen molar-refractivity contribution in [2.45, 2.75) is 18.8 Å². The molecule has 0 amide bonds. The van der Waals surface area contributed by atoms with Gasteiger partial charge in [-0.3, -0.25) is 4.90 Å². The fourth-order valence-electron chi connectivity index (χ4n) is 1.78. The van der Waals surface area contributed by atoms with Crippen LogP contribution >= 0.6 is 23.2 Å². The molecule has 1 aromatic heterocycles. The summed E-state index contributed by atoms with van der Waals surface area (Å²) < 4.78 is 0. The second-order valence-electron chi connectivity index (χ2n) is 3.91. The second kappa shape index (κ2) is 4.85. The number of hydrogen-bond acceptors (Lipinski definition) is 4. The number of pyridine rings is 1. The van der Waals surface area contributed by atoms with Gasteiger partial charge in [0.05, 0.1) is 12.2 Å². The topological polar surface area (TPSA) is 56.6 Å². The quantitative estimate of drug-likeness (QED) is 0.779. The smallest absolute Gasteiger partial charge is 0.135 e. The molecule has 2 heterocycles. The lowest BCUT2D eigenvalue weighted by atomic mass is 10.2. The fourth-order valence-corrected chi connectivity index (χ4v) is 2.18. The van der Waals surface area contributed by atoms with E-state index in [4.69, 9.17) is 23.2 Å². The molecule has 1 fully saturated rings. The third-order valence-electron chi connectivity index (χ3n) is 2.62. The zero-order valence-electron chi connectivity index (χ0n) is 8.48. The lowest BCUT2D eigenvalue weighted by molar-refractivity contribution is 0.0572. The Balaban J connectivity index is 2.05. The van der Waals surface area contributed by atoms with Crippen molar-refractivity contribution in [1.29, 1.82) is 0 Å². The molecule has 0 radical (unpaired) electrons. The number of nitrogens with zero attached hydrogens (tertiary/aromatic N) is 2. The standard InChI is InChI=1S/C10H12Cl2N2O2/c11-9-2-1-6(10(12)13-9)3-14-4-7(15)8(16)5-14/h1-2,7-8,15-16H,3-5H2. The van der Waals surface area contributed by atoms with Gasteiger partial charge in [0.1, 0.15) is 10.3 Å². The Hall–Kier alpha value is -0.390.